The number of carbonyl (C=O) groups excluding carboxylic acids is 2. The number of benzodiazepines with no additional fused rings is 1. The van der Waals surface area contributed by atoms with E-state index in [1.165, 1.54) is 0 Å². The number of anilines is 2. The maximum absolute atomic E-state index is 13.1. The highest BCUT2D eigenvalue weighted by molar-refractivity contribution is 6.20. The van der Waals surface area contributed by atoms with E-state index < -0.39 is 6.17 Å². The quantitative estimate of drug-likeness (QED) is 0.694. The first-order valence-electron chi connectivity index (χ1n) is 9.72. The van der Waals surface area contributed by atoms with E-state index in [2.05, 4.69) is 15.6 Å². The molecule has 6 nitrogen and oxygen atoms in total. The van der Waals surface area contributed by atoms with Crippen LogP contribution in [-0.4, -0.2) is 37.3 Å². The van der Waals surface area contributed by atoms with Gasteiger partial charge >= 0.3 is 0 Å². The maximum atomic E-state index is 13.1. The summed E-state index contributed by atoms with van der Waals surface area (Å²) in [6.45, 7) is 0.0423. The molecule has 1 aliphatic rings. The van der Waals surface area contributed by atoms with Crippen LogP contribution in [0.1, 0.15) is 11.1 Å². The minimum absolute atomic E-state index is 0.0423. The second kappa shape index (κ2) is 8.61. The van der Waals surface area contributed by atoms with Crippen molar-refractivity contribution in [3.05, 3.63) is 96.1 Å². The van der Waals surface area contributed by atoms with Gasteiger partial charge in [0.2, 0.25) is 12.1 Å². The lowest BCUT2D eigenvalue weighted by Crippen LogP contribution is -2.47. The first-order chi connectivity index (χ1) is 14.6. The van der Waals surface area contributed by atoms with Gasteiger partial charge in [-0.15, -0.1) is 0 Å². The number of aliphatic imine (C=N–C) groups is 1. The summed E-state index contributed by atoms with van der Waals surface area (Å²) in [7, 11) is 1.70. The Hall–Kier alpha value is -3.93. The topological polar surface area (TPSA) is 73.8 Å². The fourth-order valence-electron chi connectivity index (χ4n) is 3.38. The molecule has 2 amide bonds. The van der Waals surface area contributed by atoms with Crippen molar-refractivity contribution < 1.29 is 9.59 Å². The number of nitrogens with one attached hydrogen (secondary N) is 2. The fraction of sp³-hybridized carbons (Fsp3) is 0.125. The van der Waals surface area contributed by atoms with Crippen LogP contribution in [0.2, 0.25) is 0 Å². The van der Waals surface area contributed by atoms with Gasteiger partial charge in [0.1, 0.15) is 0 Å². The standard InChI is InChI=1S/C24H22N4O2/c1-28-20-15-9-8-14-19(20)22(17-10-4-2-5-11-17)27-23(24(28)30)26-21(29)16-25-18-12-6-3-7-13-18/h2-15,23,25H,16H2,1H3,(H,26,29). The van der Waals surface area contributed by atoms with Crippen molar-refractivity contribution in [3.63, 3.8) is 0 Å². The van der Waals surface area contributed by atoms with E-state index in [4.69, 9.17) is 0 Å². The Labute approximate surface area is 175 Å². The van der Waals surface area contributed by atoms with Gasteiger partial charge in [-0.05, 0) is 18.2 Å². The molecular formula is C24H22N4O2. The number of fused-ring (bicyclic) bond motifs is 1. The summed E-state index contributed by atoms with van der Waals surface area (Å²) in [5.74, 6) is -0.603. The van der Waals surface area contributed by atoms with Crippen molar-refractivity contribution >= 4 is 28.9 Å². The summed E-state index contributed by atoms with van der Waals surface area (Å²) < 4.78 is 0. The van der Waals surface area contributed by atoms with Crippen LogP contribution in [0.15, 0.2) is 89.9 Å². The molecule has 6 heteroatoms. The molecule has 1 aliphatic heterocycles. The van der Waals surface area contributed by atoms with Gasteiger partial charge in [-0.25, -0.2) is 4.99 Å². The van der Waals surface area contributed by atoms with Gasteiger partial charge in [-0.3, -0.25) is 9.59 Å². The van der Waals surface area contributed by atoms with Crippen LogP contribution in [0.5, 0.6) is 0 Å². The summed E-state index contributed by atoms with van der Waals surface area (Å²) in [6.07, 6.45) is -1.01. The lowest BCUT2D eigenvalue weighted by molar-refractivity contribution is -0.126. The Bertz CT molecular complexity index is 1080. The minimum atomic E-state index is -1.01. The molecule has 0 aromatic heterocycles. The Morgan fingerprint density at radius 2 is 1.57 bits per heavy atom. The first kappa shape index (κ1) is 19.4. The molecule has 1 atom stereocenters. The van der Waals surface area contributed by atoms with E-state index in [1.54, 1.807) is 11.9 Å². The van der Waals surface area contributed by atoms with Gasteiger partial charge in [0.15, 0.2) is 0 Å². The van der Waals surface area contributed by atoms with Gasteiger partial charge < -0.3 is 15.5 Å². The van der Waals surface area contributed by atoms with Crippen LogP contribution in [0, 0.1) is 0 Å². The number of rotatable bonds is 5. The summed E-state index contributed by atoms with van der Waals surface area (Å²) in [5, 5.41) is 5.81. The predicted octanol–water partition coefficient (Wildman–Crippen LogP) is 3.05. The molecular weight excluding hydrogens is 376 g/mol. The zero-order chi connectivity index (χ0) is 20.9. The van der Waals surface area contributed by atoms with E-state index in [0.717, 1.165) is 22.5 Å². The number of amides is 2. The molecule has 0 spiro atoms. The van der Waals surface area contributed by atoms with Gasteiger partial charge in [-0.1, -0.05) is 66.7 Å². The van der Waals surface area contributed by atoms with Crippen molar-refractivity contribution in [2.24, 2.45) is 4.99 Å². The van der Waals surface area contributed by atoms with Crippen LogP contribution >= 0.6 is 0 Å². The van der Waals surface area contributed by atoms with E-state index in [0.29, 0.717) is 5.71 Å². The molecule has 0 fully saturated rings. The third-order valence-electron chi connectivity index (χ3n) is 4.92. The number of hydrogen-bond donors (Lipinski definition) is 2. The SMILES string of the molecule is CN1C(=O)C(NC(=O)CNc2ccccc2)N=C(c2ccccc2)c2ccccc21. The molecule has 3 aromatic carbocycles. The number of benzene rings is 3. The highest BCUT2D eigenvalue weighted by Crippen LogP contribution is 2.27. The molecule has 150 valence electrons. The molecule has 0 radical (unpaired) electrons. The van der Waals surface area contributed by atoms with E-state index >= 15 is 0 Å². The highest BCUT2D eigenvalue weighted by atomic mass is 16.2. The zero-order valence-corrected chi connectivity index (χ0v) is 16.6. The average molecular weight is 398 g/mol. The van der Waals surface area contributed by atoms with E-state index in [-0.39, 0.29) is 18.4 Å². The third kappa shape index (κ3) is 4.07. The molecule has 1 unspecified atom stereocenters. The number of para-hydroxylation sites is 2. The predicted molar refractivity (Wildman–Crippen MR) is 119 cm³/mol. The fourth-order valence-corrected chi connectivity index (χ4v) is 3.38. The maximum Gasteiger partial charge on any atom is 0.272 e. The zero-order valence-electron chi connectivity index (χ0n) is 16.6. The molecule has 3 aromatic rings. The summed E-state index contributed by atoms with van der Waals surface area (Å²) >= 11 is 0. The lowest BCUT2D eigenvalue weighted by atomic mass is 10.0. The highest BCUT2D eigenvalue weighted by Gasteiger charge is 2.30. The Morgan fingerprint density at radius 1 is 0.933 bits per heavy atom. The van der Waals surface area contributed by atoms with Crippen LogP contribution < -0.4 is 15.5 Å². The van der Waals surface area contributed by atoms with Crippen molar-refractivity contribution in [1.29, 1.82) is 0 Å². The van der Waals surface area contributed by atoms with Gasteiger partial charge in [0.05, 0.1) is 17.9 Å². The van der Waals surface area contributed by atoms with E-state index in [1.807, 2.05) is 84.9 Å². The normalized spacial score (nSPS) is 15.6. The Morgan fingerprint density at radius 3 is 2.30 bits per heavy atom. The summed E-state index contributed by atoms with van der Waals surface area (Å²) in [4.78, 5) is 31.9. The molecule has 0 bridgehead atoms. The second-order valence-corrected chi connectivity index (χ2v) is 6.95. The number of nitrogens with zero attached hydrogens (tertiary/aromatic N) is 2. The van der Waals surface area contributed by atoms with Crippen molar-refractivity contribution in [2.45, 2.75) is 6.17 Å². The van der Waals surface area contributed by atoms with Gasteiger partial charge in [0.25, 0.3) is 5.91 Å². The molecule has 0 aliphatic carbocycles. The largest absolute Gasteiger partial charge is 0.376 e. The smallest absolute Gasteiger partial charge is 0.272 e. The Balaban J connectivity index is 1.62. The summed E-state index contributed by atoms with van der Waals surface area (Å²) in [5.41, 5.74) is 3.99. The number of likely N-dealkylation sites (N-methyl/N-ethyl adjacent to an activating group) is 1. The van der Waals surface area contributed by atoms with E-state index in [9.17, 15) is 9.59 Å². The number of carbonyl (C=O) groups is 2. The molecule has 4 rings (SSSR count). The van der Waals surface area contributed by atoms with Crippen LogP contribution in [0.3, 0.4) is 0 Å². The van der Waals surface area contributed by atoms with Crippen LogP contribution in [-0.2, 0) is 9.59 Å². The molecule has 1 heterocycles. The van der Waals surface area contributed by atoms with Crippen LogP contribution in [0.25, 0.3) is 0 Å². The Kier molecular flexibility index (Phi) is 5.57. The molecule has 30 heavy (non-hydrogen) atoms. The molecule has 2 N–H and O–H groups in total. The van der Waals surface area contributed by atoms with Crippen LogP contribution in [0.4, 0.5) is 11.4 Å². The molecule has 0 saturated carbocycles. The molecule has 0 saturated heterocycles. The first-order valence-corrected chi connectivity index (χ1v) is 9.72. The minimum Gasteiger partial charge on any atom is -0.376 e. The van der Waals surface area contributed by atoms with Crippen molar-refractivity contribution in [1.82, 2.24) is 5.32 Å². The monoisotopic (exact) mass is 398 g/mol. The second-order valence-electron chi connectivity index (χ2n) is 6.95. The number of hydrogen-bond acceptors (Lipinski definition) is 4. The third-order valence-corrected chi connectivity index (χ3v) is 4.92. The van der Waals surface area contributed by atoms with Crippen molar-refractivity contribution in [2.75, 3.05) is 23.8 Å². The average Bonchev–Trinajstić information content (AvgIpc) is 2.90. The van der Waals surface area contributed by atoms with Crippen molar-refractivity contribution in [3.8, 4) is 0 Å². The summed E-state index contributed by atoms with van der Waals surface area (Å²) in [6, 6.07) is 26.7. The van der Waals surface area contributed by atoms with Gasteiger partial charge in [-0.2, -0.15) is 0 Å². The lowest BCUT2D eigenvalue weighted by Gasteiger charge is -2.21. The van der Waals surface area contributed by atoms with Gasteiger partial charge in [0, 0.05) is 23.9 Å².